The summed E-state index contributed by atoms with van der Waals surface area (Å²) >= 11 is 0. The van der Waals surface area contributed by atoms with Crippen molar-refractivity contribution < 1.29 is 14.3 Å². The smallest absolute Gasteiger partial charge is 0.261 e. The topological polar surface area (TPSA) is 47.6 Å². The predicted octanol–water partition coefficient (Wildman–Crippen LogP) is 4.35. The lowest BCUT2D eigenvalue weighted by Crippen LogP contribution is -2.39. The van der Waals surface area contributed by atoms with E-state index in [0.29, 0.717) is 6.42 Å². The molecule has 2 aromatic carbocycles. The molecule has 0 spiro atoms. The highest BCUT2D eigenvalue weighted by molar-refractivity contribution is 5.81. The molecule has 0 aliphatic rings. The fourth-order valence-electron chi connectivity index (χ4n) is 2.61. The highest BCUT2D eigenvalue weighted by atomic mass is 16.5. The van der Waals surface area contributed by atoms with Gasteiger partial charge in [0.15, 0.2) is 6.10 Å². The monoisotopic (exact) mass is 341 g/mol. The Morgan fingerprint density at radius 1 is 1.12 bits per heavy atom. The fourth-order valence-corrected chi connectivity index (χ4v) is 2.61. The van der Waals surface area contributed by atoms with Crippen LogP contribution in [-0.2, 0) is 4.79 Å². The molecule has 0 aromatic heterocycles. The first-order valence-corrected chi connectivity index (χ1v) is 8.63. The van der Waals surface area contributed by atoms with E-state index in [1.807, 2.05) is 70.2 Å². The average molecular weight is 341 g/mol. The van der Waals surface area contributed by atoms with E-state index in [9.17, 15) is 4.79 Å². The number of rotatable bonds is 7. The van der Waals surface area contributed by atoms with Crippen molar-refractivity contribution in [1.29, 1.82) is 0 Å². The number of carbonyl (C=O) groups excluding carboxylic acids is 1. The normalized spacial score (nSPS) is 13.0. The van der Waals surface area contributed by atoms with Crippen LogP contribution >= 0.6 is 0 Å². The minimum atomic E-state index is -0.513. The quantitative estimate of drug-likeness (QED) is 0.814. The molecule has 1 N–H and O–H groups in total. The summed E-state index contributed by atoms with van der Waals surface area (Å²) in [6.07, 6.45) is 0.0929. The zero-order valence-electron chi connectivity index (χ0n) is 15.6. The number of nitrogens with one attached hydrogen (secondary N) is 1. The summed E-state index contributed by atoms with van der Waals surface area (Å²) in [7, 11) is 1.64. The molecule has 0 heterocycles. The van der Waals surface area contributed by atoms with Crippen LogP contribution in [0.3, 0.4) is 0 Å². The van der Waals surface area contributed by atoms with Crippen molar-refractivity contribution in [3.05, 3.63) is 59.2 Å². The molecule has 4 heteroatoms. The van der Waals surface area contributed by atoms with Gasteiger partial charge in [-0.2, -0.15) is 0 Å². The number of ether oxygens (including phenoxy) is 2. The van der Waals surface area contributed by atoms with Gasteiger partial charge in [0.25, 0.3) is 5.91 Å². The molecule has 2 rings (SSSR count). The molecule has 0 saturated heterocycles. The zero-order chi connectivity index (χ0) is 18.4. The van der Waals surface area contributed by atoms with Crippen LogP contribution < -0.4 is 14.8 Å². The van der Waals surface area contributed by atoms with Gasteiger partial charge < -0.3 is 14.8 Å². The number of hydrogen-bond donors (Lipinski definition) is 1. The van der Waals surface area contributed by atoms with Crippen LogP contribution in [0.5, 0.6) is 11.5 Å². The Hall–Kier alpha value is -2.49. The third-order valence-electron chi connectivity index (χ3n) is 4.46. The molecule has 0 fully saturated rings. The number of benzene rings is 2. The van der Waals surface area contributed by atoms with E-state index in [1.54, 1.807) is 7.11 Å². The van der Waals surface area contributed by atoms with Crippen LogP contribution in [0.2, 0.25) is 0 Å². The van der Waals surface area contributed by atoms with E-state index >= 15 is 0 Å². The number of carbonyl (C=O) groups is 1. The first-order chi connectivity index (χ1) is 12.0. The summed E-state index contributed by atoms with van der Waals surface area (Å²) in [5, 5.41) is 3.03. The van der Waals surface area contributed by atoms with Gasteiger partial charge in [0.05, 0.1) is 13.2 Å². The molecule has 2 aromatic rings. The highest BCUT2D eigenvalue weighted by Gasteiger charge is 2.21. The average Bonchev–Trinajstić information content (AvgIpc) is 2.62. The lowest BCUT2D eigenvalue weighted by Gasteiger charge is -2.22. The van der Waals surface area contributed by atoms with Crippen LogP contribution in [0.15, 0.2) is 42.5 Å². The van der Waals surface area contributed by atoms with Gasteiger partial charge in [-0.15, -0.1) is 0 Å². The lowest BCUT2D eigenvalue weighted by molar-refractivity contribution is -0.128. The van der Waals surface area contributed by atoms with Gasteiger partial charge in [-0.05, 0) is 62.1 Å². The summed E-state index contributed by atoms with van der Waals surface area (Å²) in [5.41, 5.74) is 3.24. The highest BCUT2D eigenvalue weighted by Crippen LogP contribution is 2.23. The molecular weight excluding hydrogens is 314 g/mol. The van der Waals surface area contributed by atoms with E-state index in [0.717, 1.165) is 28.2 Å². The van der Waals surface area contributed by atoms with E-state index in [2.05, 4.69) is 5.32 Å². The number of hydrogen-bond acceptors (Lipinski definition) is 3. The van der Waals surface area contributed by atoms with Crippen LogP contribution in [-0.4, -0.2) is 19.1 Å². The Kier molecular flexibility index (Phi) is 6.45. The van der Waals surface area contributed by atoms with Crippen molar-refractivity contribution in [3.8, 4) is 11.5 Å². The van der Waals surface area contributed by atoms with E-state index in [4.69, 9.17) is 9.47 Å². The molecule has 1 amide bonds. The van der Waals surface area contributed by atoms with Crippen molar-refractivity contribution in [3.63, 3.8) is 0 Å². The van der Waals surface area contributed by atoms with E-state index in [-0.39, 0.29) is 11.9 Å². The second-order valence-electron chi connectivity index (χ2n) is 6.22. The fraction of sp³-hybridized carbons (Fsp3) is 0.381. The molecule has 0 aliphatic heterocycles. The molecule has 0 aliphatic carbocycles. The molecule has 134 valence electrons. The van der Waals surface area contributed by atoms with Crippen LogP contribution in [0.1, 0.15) is 43.0 Å². The Balaban J connectivity index is 2.04. The summed E-state index contributed by atoms with van der Waals surface area (Å²) in [6.45, 7) is 7.96. The molecule has 0 unspecified atom stereocenters. The third kappa shape index (κ3) is 4.75. The summed E-state index contributed by atoms with van der Waals surface area (Å²) in [6, 6.07) is 13.5. The van der Waals surface area contributed by atoms with Crippen LogP contribution in [0, 0.1) is 13.8 Å². The molecule has 0 bridgehead atoms. The first kappa shape index (κ1) is 18.8. The Bertz CT molecular complexity index is 710. The zero-order valence-corrected chi connectivity index (χ0v) is 15.6. The summed E-state index contributed by atoms with van der Waals surface area (Å²) in [4.78, 5) is 12.6. The van der Waals surface area contributed by atoms with E-state index in [1.165, 1.54) is 0 Å². The first-order valence-electron chi connectivity index (χ1n) is 8.63. The van der Waals surface area contributed by atoms with Gasteiger partial charge >= 0.3 is 0 Å². The number of amides is 1. The predicted molar refractivity (Wildman–Crippen MR) is 100 cm³/mol. The summed E-state index contributed by atoms with van der Waals surface area (Å²) < 4.78 is 11.1. The Morgan fingerprint density at radius 2 is 1.80 bits per heavy atom. The lowest BCUT2D eigenvalue weighted by atomic mass is 10.1. The van der Waals surface area contributed by atoms with Gasteiger partial charge in [0, 0.05) is 0 Å². The second kappa shape index (κ2) is 8.56. The van der Waals surface area contributed by atoms with Crippen molar-refractivity contribution in [2.75, 3.05) is 7.11 Å². The number of aryl methyl sites for hydroxylation is 1. The Labute approximate surface area is 150 Å². The maximum absolute atomic E-state index is 12.6. The largest absolute Gasteiger partial charge is 0.497 e. The molecule has 0 radical (unpaired) electrons. The van der Waals surface area contributed by atoms with Gasteiger partial charge in [-0.1, -0.05) is 31.2 Å². The van der Waals surface area contributed by atoms with Crippen molar-refractivity contribution >= 4 is 5.91 Å². The SMILES string of the molecule is CC[C@@H](Oc1cccc(C)c1C)C(=O)N[C@H](C)c1ccc(OC)cc1. The number of methoxy groups -OCH3 is 1. The van der Waals surface area contributed by atoms with Crippen LogP contribution in [0.25, 0.3) is 0 Å². The Morgan fingerprint density at radius 3 is 2.40 bits per heavy atom. The van der Waals surface area contributed by atoms with Crippen molar-refractivity contribution in [2.45, 2.75) is 46.3 Å². The second-order valence-corrected chi connectivity index (χ2v) is 6.22. The molecule has 25 heavy (non-hydrogen) atoms. The van der Waals surface area contributed by atoms with Gasteiger partial charge in [0.1, 0.15) is 11.5 Å². The third-order valence-corrected chi connectivity index (χ3v) is 4.46. The van der Waals surface area contributed by atoms with Gasteiger partial charge in [-0.3, -0.25) is 4.79 Å². The van der Waals surface area contributed by atoms with Crippen molar-refractivity contribution in [1.82, 2.24) is 5.32 Å². The van der Waals surface area contributed by atoms with Crippen molar-refractivity contribution in [2.24, 2.45) is 0 Å². The van der Waals surface area contributed by atoms with Gasteiger partial charge in [0.2, 0.25) is 0 Å². The molecule has 2 atom stereocenters. The summed E-state index contributed by atoms with van der Waals surface area (Å²) in [5.74, 6) is 1.46. The standard InChI is InChI=1S/C21H27NO3/c1-6-19(25-20-9-7-8-14(2)15(20)3)21(23)22-16(4)17-10-12-18(24-5)13-11-17/h7-13,16,19H,6H2,1-5H3,(H,22,23)/t16-,19-/m1/s1. The maximum atomic E-state index is 12.6. The minimum Gasteiger partial charge on any atom is -0.497 e. The molecular formula is C21H27NO3. The van der Waals surface area contributed by atoms with Crippen LogP contribution in [0.4, 0.5) is 0 Å². The van der Waals surface area contributed by atoms with Gasteiger partial charge in [-0.25, -0.2) is 0 Å². The molecule has 4 nitrogen and oxygen atoms in total. The minimum absolute atomic E-state index is 0.102. The van der Waals surface area contributed by atoms with E-state index < -0.39 is 6.10 Å². The maximum Gasteiger partial charge on any atom is 0.261 e. The molecule has 0 saturated carbocycles.